The van der Waals surface area contributed by atoms with Crippen molar-refractivity contribution in [2.75, 3.05) is 51.5 Å². The number of nitrogens with zero attached hydrogens (tertiary/aromatic N) is 2. The average Bonchev–Trinajstić information content (AvgIpc) is 2.14. The van der Waals surface area contributed by atoms with Gasteiger partial charge in [0.2, 0.25) is 0 Å². The predicted octanol–water partition coefficient (Wildman–Crippen LogP) is -1.40. The summed E-state index contributed by atoms with van der Waals surface area (Å²) in [6, 6.07) is 0. The minimum atomic E-state index is -2.85. The van der Waals surface area contributed by atoms with Gasteiger partial charge in [-0.15, -0.1) is 0 Å². The molecule has 84 valence electrons. The quantitative estimate of drug-likeness (QED) is 0.634. The van der Waals surface area contributed by atoms with Crippen LogP contribution >= 0.6 is 0 Å². The van der Waals surface area contributed by atoms with Crippen LogP contribution in [0.25, 0.3) is 0 Å². The minimum absolute atomic E-state index is 0.0971. The van der Waals surface area contributed by atoms with Crippen LogP contribution in [0.15, 0.2) is 0 Å². The first-order chi connectivity index (χ1) is 6.51. The Kier molecular flexibility index (Phi) is 4.31. The molecule has 5 nitrogen and oxygen atoms in total. The van der Waals surface area contributed by atoms with Gasteiger partial charge in [-0.05, 0) is 0 Å². The number of hydrogen-bond donors (Lipinski definition) is 1. The molecule has 0 aliphatic carbocycles. The van der Waals surface area contributed by atoms with E-state index in [0.29, 0.717) is 6.54 Å². The van der Waals surface area contributed by atoms with Crippen molar-refractivity contribution >= 4 is 9.84 Å². The highest BCUT2D eigenvalue weighted by Crippen LogP contribution is 2.00. The molecule has 0 saturated carbocycles. The molecule has 0 atom stereocenters. The zero-order valence-electron chi connectivity index (χ0n) is 8.52. The lowest BCUT2D eigenvalue weighted by Gasteiger charge is -2.33. The summed E-state index contributed by atoms with van der Waals surface area (Å²) in [6.07, 6.45) is 1.26. The van der Waals surface area contributed by atoms with Crippen LogP contribution in [-0.2, 0) is 9.84 Å². The molecule has 14 heavy (non-hydrogen) atoms. The van der Waals surface area contributed by atoms with E-state index in [9.17, 15) is 8.42 Å². The van der Waals surface area contributed by atoms with Crippen molar-refractivity contribution in [3.05, 3.63) is 0 Å². The molecule has 0 amide bonds. The van der Waals surface area contributed by atoms with Crippen molar-refractivity contribution in [3.63, 3.8) is 0 Å². The SMILES string of the molecule is CS(=O)(=O)CCN1CCN(CO)CC1. The normalized spacial score (nSPS) is 21.3. The van der Waals surface area contributed by atoms with Gasteiger partial charge in [-0.2, -0.15) is 0 Å². The van der Waals surface area contributed by atoms with Gasteiger partial charge in [0.1, 0.15) is 9.84 Å². The highest BCUT2D eigenvalue weighted by Gasteiger charge is 2.16. The highest BCUT2D eigenvalue weighted by molar-refractivity contribution is 7.90. The maximum Gasteiger partial charge on any atom is 0.148 e. The summed E-state index contributed by atoms with van der Waals surface area (Å²) in [6.45, 7) is 4.03. The third-order valence-electron chi connectivity index (χ3n) is 2.44. The van der Waals surface area contributed by atoms with E-state index in [1.165, 1.54) is 6.26 Å². The molecular weight excluding hydrogens is 204 g/mol. The van der Waals surface area contributed by atoms with Gasteiger partial charge in [-0.1, -0.05) is 0 Å². The Bertz CT molecular complexity index is 258. The van der Waals surface area contributed by atoms with Gasteiger partial charge in [0.05, 0.1) is 12.5 Å². The van der Waals surface area contributed by atoms with Crippen LogP contribution < -0.4 is 0 Å². The Morgan fingerprint density at radius 3 is 2.07 bits per heavy atom. The number of piperazine rings is 1. The van der Waals surface area contributed by atoms with Gasteiger partial charge in [-0.3, -0.25) is 9.80 Å². The van der Waals surface area contributed by atoms with Crippen molar-refractivity contribution in [1.82, 2.24) is 9.80 Å². The van der Waals surface area contributed by atoms with Gasteiger partial charge in [0.25, 0.3) is 0 Å². The van der Waals surface area contributed by atoms with Crippen molar-refractivity contribution < 1.29 is 13.5 Å². The zero-order chi connectivity index (χ0) is 10.6. The van der Waals surface area contributed by atoms with E-state index in [1.807, 2.05) is 4.90 Å². The van der Waals surface area contributed by atoms with Crippen LogP contribution in [0.1, 0.15) is 0 Å². The lowest BCUT2D eigenvalue weighted by atomic mass is 10.3. The first-order valence-corrected chi connectivity index (χ1v) is 6.80. The molecule has 0 aromatic heterocycles. The standard InChI is InChI=1S/C8H18N2O3S/c1-14(12,13)7-6-9-2-4-10(8-11)5-3-9/h11H,2-8H2,1H3. The Labute approximate surface area is 85.2 Å². The number of rotatable bonds is 4. The van der Waals surface area contributed by atoms with Gasteiger partial charge < -0.3 is 5.11 Å². The molecule has 0 aromatic rings. The molecule has 1 aliphatic rings. The van der Waals surface area contributed by atoms with E-state index in [2.05, 4.69) is 4.90 Å². The molecule has 1 N–H and O–H groups in total. The second kappa shape index (κ2) is 5.06. The fourth-order valence-electron chi connectivity index (χ4n) is 1.45. The van der Waals surface area contributed by atoms with E-state index in [1.54, 1.807) is 0 Å². The number of aliphatic hydroxyl groups is 1. The Hall–Kier alpha value is -0.170. The lowest BCUT2D eigenvalue weighted by molar-refractivity contribution is 0.0565. The fourth-order valence-corrected chi connectivity index (χ4v) is 2.04. The lowest BCUT2D eigenvalue weighted by Crippen LogP contribution is -2.47. The largest absolute Gasteiger partial charge is 0.381 e. The van der Waals surface area contributed by atoms with Crippen LogP contribution in [0, 0.1) is 0 Å². The van der Waals surface area contributed by atoms with Gasteiger partial charge >= 0.3 is 0 Å². The van der Waals surface area contributed by atoms with E-state index in [0.717, 1.165) is 26.2 Å². The molecule has 0 spiro atoms. The molecule has 0 unspecified atom stereocenters. The maximum atomic E-state index is 10.9. The second-order valence-corrected chi connectivity index (χ2v) is 5.99. The summed E-state index contributed by atoms with van der Waals surface area (Å²) >= 11 is 0. The fraction of sp³-hybridized carbons (Fsp3) is 1.00. The Morgan fingerprint density at radius 2 is 1.64 bits per heavy atom. The third kappa shape index (κ3) is 4.36. The summed E-state index contributed by atoms with van der Waals surface area (Å²) in [5, 5.41) is 8.85. The third-order valence-corrected chi connectivity index (χ3v) is 3.37. The monoisotopic (exact) mass is 222 g/mol. The van der Waals surface area contributed by atoms with Gasteiger partial charge in [-0.25, -0.2) is 8.42 Å². The summed E-state index contributed by atoms with van der Waals surface area (Å²) in [7, 11) is -2.85. The smallest absolute Gasteiger partial charge is 0.148 e. The van der Waals surface area contributed by atoms with E-state index in [4.69, 9.17) is 5.11 Å². The number of hydrogen-bond acceptors (Lipinski definition) is 5. The van der Waals surface area contributed by atoms with Gasteiger partial charge in [0.15, 0.2) is 0 Å². The van der Waals surface area contributed by atoms with Crippen LogP contribution in [0.5, 0.6) is 0 Å². The van der Waals surface area contributed by atoms with Crippen molar-refractivity contribution in [2.45, 2.75) is 0 Å². The first kappa shape index (κ1) is 11.9. The second-order valence-electron chi connectivity index (χ2n) is 3.73. The van der Waals surface area contributed by atoms with E-state index < -0.39 is 9.84 Å². The molecule has 0 radical (unpaired) electrons. The predicted molar refractivity (Wildman–Crippen MR) is 54.8 cm³/mol. The van der Waals surface area contributed by atoms with E-state index in [-0.39, 0.29) is 12.5 Å². The molecule has 1 aliphatic heterocycles. The first-order valence-electron chi connectivity index (χ1n) is 4.74. The van der Waals surface area contributed by atoms with Crippen molar-refractivity contribution in [2.24, 2.45) is 0 Å². The minimum Gasteiger partial charge on any atom is -0.381 e. The molecule has 1 saturated heterocycles. The van der Waals surface area contributed by atoms with Crippen LogP contribution in [0.3, 0.4) is 0 Å². The zero-order valence-corrected chi connectivity index (χ0v) is 9.33. The Balaban J connectivity index is 2.23. The van der Waals surface area contributed by atoms with Crippen LogP contribution in [0.4, 0.5) is 0 Å². The maximum absolute atomic E-state index is 10.9. The molecule has 1 rings (SSSR count). The van der Waals surface area contributed by atoms with Crippen molar-refractivity contribution in [1.29, 1.82) is 0 Å². The molecule has 1 heterocycles. The summed E-state index contributed by atoms with van der Waals surface area (Å²) in [4.78, 5) is 4.06. The topological polar surface area (TPSA) is 60.9 Å². The number of sulfone groups is 1. The summed E-state index contributed by atoms with van der Waals surface area (Å²) in [5.41, 5.74) is 0. The van der Waals surface area contributed by atoms with Gasteiger partial charge in [0, 0.05) is 39.0 Å². The number of aliphatic hydroxyl groups excluding tert-OH is 1. The molecule has 0 aromatic carbocycles. The molecule has 6 heteroatoms. The van der Waals surface area contributed by atoms with Crippen molar-refractivity contribution in [3.8, 4) is 0 Å². The van der Waals surface area contributed by atoms with Crippen LogP contribution in [0.2, 0.25) is 0 Å². The summed E-state index contributed by atoms with van der Waals surface area (Å²) < 4.78 is 21.8. The molecular formula is C8H18N2O3S. The molecule has 0 bridgehead atoms. The van der Waals surface area contributed by atoms with E-state index >= 15 is 0 Å². The average molecular weight is 222 g/mol. The molecule has 1 fully saturated rings. The summed E-state index contributed by atoms with van der Waals surface area (Å²) in [5.74, 6) is 0.228. The highest BCUT2D eigenvalue weighted by atomic mass is 32.2. The van der Waals surface area contributed by atoms with Crippen LogP contribution in [-0.4, -0.2) is 74.8 Å². The Morgan fingerprint density at radius 1 is 1.14 bits per heavy atom.